The minimum Gasteiger partial charge on any atom is -0.491 e. The average Bonchev–Trinajstić information content (AvgIpc) is 2.58. The molecule has 0 radical (unpaired) electrons. The van der Waals surface area contributed by atoms with E-state index in [9.17, 15) is 4.79 Å². The van der Waals surface area contributed by atoms with Crippen LogP contribution in [0.5, 0.6) is 5.75 Å². The van der Waals surface area contributed by atoms with Crippen LogP contribution >= 0.6 is 0 Å². The third kappa shape index (κ3) is 8.71. The van der Waals surface area contributed by atoms with Crippen molar-refractivity contribution in [3.63, 3.8) is 0 Å². The number of hydrogen-bond donors (Lipinski definition) is 3. The normalized spacial score (nSPS) is 11.4. The molecular weight excluding hydrogens is 332 g/mol. The molecule has 0 atom stereocenters. The van der Waals surface area contributed by atoms with Crippen LogP contribution in [0.15, 0.2) is 23.2 Å². The summed E-state index contributed by atoms with van der Waals surface area (Å²) in [7, 11) is 1.60. The van der Waals surface area contributed by atoms with E-state index in [0.29, 0.717) is 32.2 Å². The Kier molecular flexibility index (Phi) is 10.2. The molecule has 7 nitrogen and oxygen atoms in total. The highest BCUT2D eigenvalue weighted by atomic mass is 16.5. The van der Waals surface area contributed by atoms with E-state index in [1.54, 1.807) is 7.11 Å². The van der Waals surface area contributed by atoms with Crippen LogP contribution in [0.2, 0.25) is 0 Å². The van der Waals surface area contributed by atoms with E-state index in [0.717, 1.165) is 16.9 Å². The van der Waals surface area contributed by atoms with Crippen LogP contribution in [-0.4, -0.2) is 51.3 Å². The van der Waals surface area contributed by atoms with Crippen LogP contribution < -0.4 is 20.7 Å². The van der Waals surface area contributed by atoms with Gasteiger partial charge in [-0.15, -0.1) is 0 Å². The number of benzene rings is 1. The first kappa shape index (κ1) is 21.8. The Morgan fingerprint density at radius 2 is 2.00 bits per heavy atom. The Balaban J connectivity index is 2.70. The van der Waals surface area contributed by atoms with Crippen molar-refractivity contribution >= 4 is 11.9 Å². The number of amides is 1. The van der Waals surface area contributed by atoms with Crippen molar-refractivity contribution in [1.82, 2.24) is 16.0 Å². The first-order chi connectivity index (χ1) is 12.5. The van der Waals surface area contributed by atoms with Gasteiger partial charge in [-0.3, -0.25) is 4.79 Å². The zero-order chi connectivity index (χ0) is 19.4. The van der Waals surface area contributed by atoms with Crippen LogP contribution in [0, 0.1) is 6.92 Å². The molecule has 0 unspecified atom stereocenters. The summed E-state index contributed by atoms with van der Waals surface area (Å²) < 4.78 is 10.8. The summed E-state index contributed by atoms with van der Waals surface area (Å²) in [6, 6.07) is 6.09. The summed E-state index contributed by atoms with van der Waals surface area (Å²) in [6.45, 7) is 10.3. The number of carbonyl (C=O) groups is 1. The average molecular weight is 364 g/mol. The third-order valence-corrected chi connectivity index (χ3v) is 3.38. The molecule has 146 valence electrons. The van der Waals surface area contributed by atoms with E-state index in [-0.39, 0.29) is 18.6 Å². The van der Waals surface area contributed by atoms with Gasteiger partial charge in [0.15, 0.2) is 5.96 Å². The Morgan fingerprint density at radius 3 is 2.65 bits per heavy atom. The van der Waals surface area contributed by atoms with E-state index in [4.69, 9.17) is 9.47 Å². The van der Waals surface area contributed by atoms with Gasteiger partial charge in [-0.05, 0) is 39.3 Å². The van der Waals surface area contributed by atoms with Crippen molar-refractivity contribution in [3.05, 3.63) is 29.3 Å². The van der Waals surface area contributed by atoms with E-state index in [2.05, 4.69) is 20.9 Å². The van der Waals surface area contributed by atoms with Crippen LogP contribution in [0.3, 0.4) is 0 Å². The summed E-state index contributed by atoms with van der Waals surface area (Å²) in [5.41, 5.74) is 2.15. The molecular formula is C19H32N4O3. The van der Waals surface area contributed by atoms with Gasteiger partial charge in [0.1, 0.15) is 5.75 Å². The lowest BCUT2D eigenvalue weighted by atomic mass is 10.1. The van der Waals surface area contributed by atoms with Crippen molar-refractivity contribution in [2.45, 2.75) is 40.3 Å². The molecule has 1 aromatic rings. The number of nitrogens with one attached hydrogen (secondary N) is 3. The number of aliphatic imine (C=N–C) groups is 1. The molecule has 26 heavy (non-hydrogen) atoms. The van der Waals surface area contributed by atoms with Crippen molar-refractivity contribution in [2.24, 2.45) is 4.99 Å². The van der Waals surface area contributed by atoms with Crippen molar-refractivity contribution in [3.8, 4) is 5.75 Å². The van der Waals surface area contributed by atoms with Gasteiger partial charge >= 0.3 is 0 Å². The molecule has 0 heterocycles. The van der Waals surface area contributed by atoms with Gasteiger partial charge in [-0.1, -0.05) is 12.1 Å². The van der Waals surface area contributed by atoms with E-state index < -0.39 is 0 Å². The maximum Gasteiger partial charge on any atom is 0.239 e. The fourth-order valence-corrected chi connectivity index (χ4v) is 2.18. The third-order valence-electron chi connectivity index (χ3n) is 3.38. The minimum absolute atomic E-state index is 0.0988. The standard InChI is InChI=1S/C19H32N4O3/c1-6-20-19(23-13-18(24)21-9-10-25-5)22-12-16-8-7-15(4)11-17(16)26-14(2)3/h7-8,11,14H,6,9-10,12-13H2,1-5H3,(H,21,24)(H2,20,22,23). The van der Waals surface area contributed by atoms with Crippen molar-refractivity contribution < 1.29 is 14.3 Å². The van der Waals surface area contributed by atoms with E-state index >= 15 is 0 Å². The Hall–Kier alpha value is -2.28. The fourth-order valence-electron chi connectivity index (χ4n) is 2.18. The highest BCUT2D eigenvalue weighted by molar-refractivity contribution is 5.86. The molecule has 1 aromatic carbocycles. The summed E-state index contributed by atoms with van der Waals surface area (Å²) >= 11 is 0. The SMILES string of the molecule is CCNC(=NCc1ccc(C)cc1OC(C)C)NCC(=O)NCCOC. The van der Waals surface area contributed by atoms with E-state index in [1.807, 2.05) is 45.9 Å². The number of ether oxygens (including phenoxy) is 2. The van der Waals surface area contributed by atoms with Gasteiger partial charge in [0, 0.05) is 25.8 Å². The van der Waals surface area contributed by atoms with Gasteiger partial charge in [0.2, 0.25) is 5.91 Å². The summed E-state index contributed by atoms with van der Waals surface area (Å²) in [5, 5.41) is 8.94. The maximum absolute atomic E-state index is 11.8. The molecule has 3 N–H and O–H groups in total. The number of aryl methyl sites for hydroxylation is 1. The molecule has 0 spiro atoms. The van der Waals surface area contributed by atoms with Gasteiger partial charge in [0.05, 0.1) is 25.8 Å². The predicted molar refractivity (Wildman–Crippen MR) is 105 cm³/mol. The second kappa shape index (κ2) is 12.1. The predicted octanol–water partition coefficient (Wildman–Crippen LogP) is 1.60. The zero-order valence-corrected chi connectivity index (χ0v) is 16.5. The Bertz CT molecular complexity index is 588. The smallest absolute Gasteiger partial charge is 0.239 e. The van der Waals surface area contributed by atoms with Gasteiger partial charge in [-0.25, -0.2) is 4.99 Å². The topological polar surface area (TPSA) is 84.0 Å². The van der Waals surface area contributed by atoms with Crippen molar-refractivity contribution in [1.29, 1.82) is 0 Å². The second-order valence-corrected chi connectivity index (χ2v) is 6.17. The molecule has 0 aliphatic carbocycles. The molecule has 0 aliphatic rings. The van der Waals surface area contributed by atoms with E-state index in [1.165, 1.54) is 0 Å². The zero-order valence-electron chi connectivity index (χ0n) is 16.5. The number of guanidine groups is 1. The largest absolute Gasteiger partial charge is 0.491 e. The van der Waals surface area contributed by atoms with Crippen LogP contribution in [-0.2, 0) is 16.1 Å². The van der Waals surface area contributed by atoms with Gasteiger partial charge in [-0.2, -0.15) is 0 Å². The van der Waals surface area contributed by atoms with Gasteiger partial charge in [0.25, 0.3) is 0 Å². The second-order valence-electron chi connectivity index (χ2n) is 6.17. The quantitative estimate of drug-likeness (QED) is 0.334. The highest BCUT2D eigenvalue weighted by Crippen LogP contribution is 2.22. The monoisotopic (exact) mass is 364 g/mol. The summed E-state index contributed by atoms with van der Waals surface area (Å²) in [6.07, 6.45) is 0.0988. The number of hydrogen-bond acceptors (Lipinski definition) is 4. The first-order valence-corrected chi connectivity index (χ1v) is 9.00. The lowest BCUT2D eigenvalue weighted by Crippen LogP contribution is -2.43. The molecule has 7 heteroatoms. The maximum atomic E-state index is 11.8. The number of methoxy groups -OCH3 is 1. The molecule has 0 saturated heterocycles. The summed E-state index contributed by atoms with van der Waals surface area (Å²) in [5.74, 6) is 1.33. The highest BCUT2D eigenvalue weighted by Gasteiger charge is 2.07. The molecule has 0 fully saturated rings. The first-order valence-electron chi connectivity index (χ1n) is 9.00. The lowest BCUT2D eigenvalue weighted by Gasteiger charge is -2.15. The van der Waals surface area contributed by atoms with Gasteiger partial charge < -0.3 is 25.4 Å². The molecule has 1 amide bonds. The Labute approximate surface area is 156 Å². The number of nitrogens with zero attached hydrogens (tertiary/aromatic N) is 1. The molecule has 0 aromatic heterocycles. The number of carbonyl (C=O) groups excluding carboxylic acids is 1. The molecule has 0 bridgehead atoms. The molecule has 0 aliphatic heterocycles. The minimum atomic E-state index is -0.105. The summed E-state index contributed by atoms with van der Waals surface area (Å²) in [4.78, 5) is 16.3. The Morgan fingerprint density at radius 1 is 1.23 bits per heavy atom. The van der Waals surface area contributed by atoms with Crippen LogP contribution in [0.1, 0.15) is 31.9 Å². The van der Waals surface area contributed by atoms with Crippen molar-refractivity contribution in [2.75, 3.05) is 33.4 Å². The number of rotatable bonds is 10. The molecule has 1 rings (SSSR count). The molecule has 0 saturated carbocycles. The lowest BCUT2D eigenvalue weighted by molar-refractivity contribution is -0.120. The van der Waals surface area contributed by atoms with Crippen LogP contribution in [0.4, 0.5) is 0 Å². The van der Waals surface area contributed by atoms with Crippen LogP contribution in [0.25, 0.3) is 0 Å². The fraction of sp³-hybridized carbons (Fsp3) is 0.579.